The number of nitrogens with zero attached hydrogens (tertiary/aromatic N) is 1. The van der Waals surface area contributed by atoms with Crippen LogP contribution in [0.5, 0.6) is 0 Å². The third-order valence-corrected chi connectivity index (χ3v) is 3.53. The van der Waals surface area contributed by atoms with E-state index >= 15 is 0 Å². The highest BCUT2D eigenvalue weighted by Crippen LogP contribution is 2.31. The number of furan rings is 1. The molecular formula is C12H9IN2O3. The molecule has 0 atom stereocenters. The van der Waals surface area contributed by atoms with Gasteiger partial charge in [-0.25, -0.2) is 4.79 Å². The summed E-state index contributed by atoms with van der Waals surface area (Å²) in [4.78, 5) is 24.4. The molecule has 3 rings (SSSR count). The van der Waals surface area contributed by atoms with Gasteiger partial charge in [0.2, 0.25) is 5.91 Å². The van der Waals surface area contributed by atoms with Crippen molar-refractivity contribution in [2.75, 3.05) is 11.4 Å². The Morgan fingerprint density at radius 1 is 1.33 bits per heavy atom. The number of carbonyl (C=O) groups is 2. The molecule has 1 aliphatic heterocycles. The molecule has 0 radical (unpaired) electrons. The Morgan fingerprint density at radius 2 is 2.17 bits per heavy atom. The summed E-state index contributed by atoms with van der Waals surface area (Å²) in [6.45, 7) is 0.380. The van der Waals surface area contributed by atoms with Crippen molar-refractivity contribution in [3.8, 4) is 0 Å². The van der Waals surface area contributed by atoms with Gasteiger partial charge in [-0.05, 0) is 40.8 Å². The van der Waals surface area contributed by atoms with Crippen molar-refractivity contribution in [3.05, 3.63) is 28.0 Å². The molecule has 92 valence electrons. The van der Waals surface area contributed by atoms with Crippen LogP contribution in [0.4, 0.5) is 10.5 Å². The fourth-order valence-electron chi connectivity index (χ4n) is 1.99. The number of hydrogen-bond acceptors (Lipinski definition) is 3. The number of urea groups is 1. The van der Waals surface area contributed by atoms with E-state index in [2.05, 4.69) is 27.9 Å². The lowest BCUT2D eigenvalue weighted by molar-refractivity contribution is -0.120. The predicted octanol–water partition coefficient (Wildman–Crippen LogP) is 2.48. The van der Waals surface area contributed by atoms with Gasteiger partial charge in [0.15, 0.2) is 0 Å². The number of benzene rings is 1. The Labute approximate surface area is 116 Å². The van der Waals surface area contributed by atoms with Gasteiger partial charge in [-0.2, -0.15) is 0 Å². The van der Waals surface area contributed by atoms with Gasteiger partial charge in [0.1, 0.15) is 11.8 Å². The largest absolute Gasteiger partial charge is 0.462 e. The lowest BCUT2D eigenvalue weighted by Crippen LogP contribution is -2.49. The summed E-state index contributed by atoms with van der Waals surface area (Å²) in [5.74, 6) is -0.237. The molecule has 1 N–H and O–H groups in total. The van der Waals surface area contributed by atoms with Crippen LogP contribution in [0.1, 0.15) is 6.42 Å². The normalized spacial score (nSPS) is 16.2. The van der Waals surface area contributed by atoms with E-state index < -0.39 is 6.03 Å². The van der Waals surface area contributed by atoms with Gasteiger partial charge in [0.05, 0.1) is 5.69 Å². The van der Waals surface area contributed by atoms with Crippen LogP contribution in [-0.2, 0) is 4.79 Å². The number of imide groups is 1. The Balaban J connectivity index is 2.04. The van der Waals surface area contributed by atoms with E-state index in [1.807, 2.05) is 18.2 Å². The Hall–Kier alpha value is -1.57. The number of amides is 3. The zero-order valence-electron chi connectivity index (χ0n) is 9.27. The van der Waals surface area contributed by atoms with Gasteiger partial charge in [0, 0.05) is 21.9 Å². The number of fused-ring (bicyclic) bond motifs is 1. The van der Waals surface area contributed by atoms with Crippen LogP contribution in [0, 0.1) is 3.57 Å². The molecule has 2 heterocycles. The van der Waals surface area contributed by atoms with Crippen LogP contribution >= 0.6 is 22.6 Å². The van der Waals surface area contributed by atoms with E-state index in [1.54, 1.807) is 6.26 Å². The van der Waals surface area contributed by atoms with Crippen molar-refractivity contribution in [2.24, 2.45) is 0 Å². The SMILES string of the molecule is O=C1CCN(c2coc3cc(I)ccc23)C(=O)N1. The van der Waals surface area contributed by atoms with E-state index in [4.69, 9.17) is 4.42 Å². The van der Waals surface area contributed by atoms with Gasteiger partial charge < -0.3 is 4.42 Å². The van der Waals surface area contributed by atoms with Crippen LogP contribution in [0.15, 0.2) is 28.9 Å². The Bertz CT molecular complexity index is 650. The number of hydrogen-bond donors (Lipinski definition) is 1. The van der Waals surface area contributed by atoms with Gasteiger partial charge in [-0.15, -0.1) is 0 Å². The van der Waals surface area contributed by atoms with Gasteiger partial charge in [-0.1, -0.05) is 0 Å². The highest BCUT2D eigenvalue weighted by Gasteiger charge is 2.26. The minimum atomic E-state index is -0.396. The van der Waals surface area contributed by atoms with E-state index in [-0.39, 0.29) is 5.91 Å². The summed E-state index contributed by atoms with van der Waals surface area (Å²) < 4.78 is 6.52. The molecule has 3 amide bonds. The zero-order chi connectivity index (χ0) is 12.7. The number of carbonyl (C=O) groups excluding carboxylic acids is 2. The molecule has 18 heavy (non-hydrogen) atoms. The zero-order valence-corrected chi connectivity index (χ0v) is 11.4. The van der Waals surface area contributed by atoms with Crippen LogP contribution in [0.3, 0.4) is 0 Å². The molecule has 1 fully saturated rings. The molecule has 1 aromatic heterocycles. The molecule has 0 spiro atoms. The highest BCUT2D eigenvalue weighted by atomic mass is 127. The van der Waals surface area contributed by atoms with Crippen LogP contribution < -0.4 is 10.2 Å². The molecule has 1 saturated heterocycles. The number of rotatable bonds is 1. The average molecular weight is 356 g/mol. The van der Waals surface area contributed by atoms with Crippen molar-refractivity contribution in [1.82, 2.24) is 5.32 Å². The molecule has 0 unspecified atom stereocenters. The minimum absolute atomic E-state index is 0.237. The maximum atomic E-state index is 11.8. The molecule has 0 saturated carbocycles. The molecular weight excluding hydrogens is 347 g/mol. The van der Waals surface area contributed by atoms with E-state index in [1.165, 1.54) is 4.90 Å². The summed E-state index contributed by atoms with van der Waals surface area (Å²) in [5, 5.41) is 3.17. The van der Waals surface area contributed by atoms with Gasteiger partial charge >= 0.3 is 6.03 Å². The van der Waals surface area contributed by atoms with Gasteiger partial charge in [0.25, 0.3) is 0 Å². The number of nitrogens with one attached hydrogen (secondary N) is 1. The minimum Gasteiger partial charge on any atom is -0.462 e. The first-order valence-corrected chi connectivity index (χ1v) is 6.51. The van der Waals surface area contributed by atoms with Crippen LogP contribution in [0.2, 0.25) is 0 Å². The molecule has 6 heteroatoms. The lowest BCUT2D eigenvalue weighted by atomic mass is 10.2. The first-order valence-electron chi connectivity index (χ1n) is 5.43. The van der Waals surface area contributed by atoms with Crippen molar-refractivity contribution in [1.29, 1.82) is 0 Å². The maximum Gasteiger partial charge on any atom is 0.328 e. The Kier molecular flexibility index (Phi) is 2.73. The number of anilines is 1. The summed E-state index contributed by atoms with van der Waals surface area (Å²) in [7, 11) is 0. The average Bonchev–Trinajstić information content (AvgIpc) is 2.72. The molecule has 1 aliphatic rings. The molecule has 2 aromatic rings. The highest BCUT2D eigenvalue weighted by molar-refractivity contribution is 14.1. The van der Waals surface area contributed by atoms with E-state index in [9.17, 15) is 9.59 Å². The smallest absolute Gasteiger partial charge is 0.328 e. The fourth-order valence-corrected chi connectivity index (χ4v) is 2.45. The summed E-state index contributed by atoms with van der Waals surface area (Å²) in [5.41, 5.74) is 1.44. The third-order valence-electron chi connectivity index (χ3n) is 2.86. The van der Waals surface area contributed by atoms with Gasteiger partial charge in [-0.3, -0.25) is 15.0 Å². The molecule has 5 nitrogen and oxygen atoms in total. The van der Waals surface area contributed by atoms with Crippen molar-refractivity contribution in [3.63, 3.8) is 0 Å². The monoisotopic (exact) mass is 356 g/mol. The van der Waals surface area contributed by atoms with Crippen molar-refractivity contribution >= 4 is 51.2 Å². The van der Waals surface area contributed by atoms with E-state index in [0.29, 0.717) is 18.7 Å². The predicted molar refractivity (Wildman–Crippen MR) is 74.4 cm³/mol. The topological polar surface area (TPSA) is 62.6 Å². The first-order chi connectivity index (χ1) is 8.65. The second-order valence-corrected chi connectivity index (χ2v) is 5.26. The Morgan fingerprint density at radius 3 is 2.94 bits per heavy atom. The quantitative estimate of drug-likeness (QED) is 0.799. The fraction of sp³-hybridized carbons (Fsp3) is 0.167. The summed E-state index contributed by atoms with van der Waals surface area (Å²) in [6.07, 6.45) is 1.86. The lowest BCUT2D eigenvalue weighted by Gasteiger charge is -2.25. The van der Waals surface area contributed by atoms with Crippen molar-refractivity contribution < 1.29 is 14.0 Å². The number of halogens is 1. The second-order valence-electron chi connectivity index (χ2n) is 4.02. The second kappa shape index (κ2) is 4.27. The maximum absolute atomic E-state index is 11.8. The summed E-state index contributed by atoms with van der Waals surface area (Å²) in [6, 6.07) is 5.38. The molecule has 0 aliphatic carbocycles. The van der Waals surface area contributed by atoms with E-state index in [0.717, 1.165) is 14.5 Å². The molecule has 0 bridgehead atoms. The third kappa shape index (κ3) is 1.86. The van der Waals surface area contributed by atoms with Crippen molar-refractivity contribution in [2.45, 2.75) is 6.42 Å². The first kappa shape index (κ1) is 11.5. The van der Waals surface area contributed by atoms with Crippen LogP contribution in [0.25, 0.3) is 11.0 Å². The van der Waals surface area contributed by atoms with Crippen LogP contribution in [-0.4, -0.2) is 18.5 Å². The standard InChI is InChI=1S/C12H9IN2O3/c13-7-1-2-8-9(6-18-10(8)5-7)15-4-3-11(16)14-12(15)17/h1-2,5-6H,3-4H2,(H,14,16,17). The summed E-state index contributed by atoms with van der Waals surface area (Å²) >= 11 is 2.20. The molecule has 1 aromatic carbocycles.